The topological polar surface area (TPSA) is 143 Å². The molecule has 4 aromatic rings. The van der Waals surface area contributed by atoms with Gasteiger partial charge < -0.3 is 25.1 Å². The summed E-state index contributed by atoms with van der Waals surface area (Å²) in [7, 11) is -2.17. The SMILES string of the molecule is CC(Cn1cnc2c(N)ncnc21)OC[P+](=O)Oc1ccccc1OCCCNC(=O)c1ccc(F)cc1. The van der Waals surface area contributed by atoms with Gasteiger partial charge in [-0.1, -0.05) is 12.1 Å². The molecule has 3 N–H and O–H groups in total. The first-order valence-electron chi connectivity index (χ1n) is 11.8. The van der Waals surface area contributed by atoms with Gasteiger partial charge in [0.2, 0.25) is 5.75 Å². The lowest BCUT2D eigenvalue weighted by Crippen LogP contribution is -2.25. The molecule has 0 aliphatic rings. The summed E-state index contributed by atoms with van der Waals surface area (Å²) in [6.45, 7) is 2.92. The molecule has 4 rings (SSSR count). The van der Waals surface area contributed by atoms with Gasteiger partial charge in [0.25, 0.3) is 12.3 Å². The largest absolute Gasteiger partial charge is 0.585 e. The molecule has 2 aromatic heterocycles. The smallest absolute Gasteiger partial charge is 0.489 e. The maximum Gasteiger partial charge on any atom is 0.585 e. The van der Waals surface area contributed by atoms with Crippen LogP contribution >= 0.6 is 8.03 Å². The number of hydrogen-bond donors (Lipinski definition) is 2. The maximum atomic E-state index is 13.0. The molecule has 0 fully saturated rings. The second kappa shape index (κ2) is 12.9. The second-order valence-corrected chi connectivity index (χ2v) is 9.38. The Labute approximate surface area is 219 Å². The van der Waals surface area contributed by atoms with E-state index in [4.69, 9.17) is 19.7 Å². The van der Waals surface area contributed by atoms with E-state index in [1.807, 2.05) is 6.92 Å². The first kappa shape index (κ1) is 26.9. The van der Waals surface area contributed by atoms with Gasteiger partial charge in [-0.25, -0.2) is 23.9 Å². The minimum Gasteiger partial charge on any atom is -0.489 e. The molecule has 0 aliphatic carbocycles. The van der Waals surface area contributed by atoms with E-state index in [9.17, 15) is 13.8 Å². The zero-order valence-corrected chi connectivity index (χ0v) is 21.5. The average Bonchev–Trinajstić information content (AvgIpc) is 3.32. The standard InChI is InChI=1S/C25H26FN6O5P/c1-17(13-32-15-31-22-23(27)29-14-30-24(22)32)36-16-38(34)37-21-6-3-2-5-20(21)35-12-4-11-28-25(33)18-7-9-19(26)10-8-18/h2-3,5-10,14-15,17H,4,11-13,16H2,1H3,(H2-,27,28,29,30,33)/p+1. The second-order valence-electron chi connectivity index (χ2n) is 8.27. The lowest BCUT2D eigenvalue weighted by atomic mass is 10.2. The molecule has 198 valence electrons. The number of benzene rings is 2. The number of aromatic nitrogens is 4. The van der Waals surface area contributed by atoms with E-state index >= 15 is 0 Å². The van der Waals surface area contributed by atoms with Crippen molar-refractivity contribution in [2.24, 2.45) is 0 Å². The first-order chi connectivity index (χ1) is 18.4. The number of nitrogens with one attached hydrogen (secondary N) is 1. The quantitative estimate of drug-likeness (QED) is 0.190. The zero-order chi connectivity index (χ0) is 26.9. The zero-order valence-electron chi connectivity index (χ0n) is 20.6. The molecule has 0 saturated carbocycles. The van der Waals surface area contributed by atoms with Crippen LogP contribution in [0.2, 0.25) is 0 Å². The van der Waals surface area contributed by atoms with E-state index in [0.29, 0.717) is 60.2 Å². The molecule has 0 saturated heterocycles. The predicted molar refractivity (Wildman–Crippen MR) is 139 cm³/mol. The van der Waals surface area contributed by atoms with Crippen molar-refractivity contribution in [2.45, 2.75) is 26.0 Å². The molecular weight excluding hydrogens is 514 g/mol. The van der Waals surface area contributed by atoms with Gasteiger partial charge in [0.05, 0.1) is 25.6 Å². The van der Waals surface area contributed by atoms with Gasteiger partial charge in [0, 0.05) is 12.1 Å². The number of ether oxygens (including phenoxy) is 2. The van der Waals surface area contributed by atoms with Crippen LogP contribution in [0.25, 0.3) is 11.2 Å². The fraction of sp³-hybridized carbons (Fsp3) is 0.280. The number of carbonyl (C=O) groups excluding carboxylic acids is 1. The van der Waals surface area contributed by atoms with Crippen LogP contribution in [0.1, 0.15) is 23.7 Å². The summed E-state index contributed by atoms with van der Waals surface area (Å²) >= 11 is 0. The Morgan fingerprint density at radius 2 is 1.89 bits per heavy atom. The van der Waals surface area contributed by atoms with Crippen molar-refractivity contribution in [1.29, 1.82) is 0 Å². The van der Waals surface area contributed by atoms with E-state index in [1.165, 1.54) is 30.6 Å². The number of fused-ring (bicyclic) bond motifs is 1. The van der Waals surface area contributed by atoms with E-state index in [1.54, 1.807) is 35.2 Å². The molecule has 1 amide bonds. The summed E-state index contributed by atoms with van der Waals surface area (Å²) in [5.74, 6) is 0.361. The lowest BCUT2D eigenvalue weighted by Gasteiger charge is -2.11. The van der Waals surface area contributed by atoms with Crippen molar-refractivity contribution in [3.8, 4) is 11.5 Å². The number of para-hydroxylation sites is 2. The summed E-state index contributed by atoms with van der Waals surface area (Å²) in [4.78, 5) is 24.4. The van der Waals surface area contributed by atoms with Crippen LogP contribution < -0.4 is 20.3 Å². The Bertz CT molecular complexity index is 1400. The van der Waals surface area contributed by atoms with Crippen LogP contribution in [0.3, 0.4) is 0 Å². The van der Waals surface area contributed by atoms with E-state index in [-0.39, 0.29) is 18.4 Å². The van der Waals surface area contributed by atoms with Crippen LogP contribution in [-0.2, 0) is 15.8 Å². The molecule has 2 heterocycles. The summed E-state index contributed by atoms with van der Waals surface area (Å²) in [6, 6.07) is 12.2. The van der Waals surface area contributed by atoms with E-state index in [0.717, 1.165) is 0 Å². The number of nitrogens with two attached hydrogens (primary N) is 1. The van der Waals surface area contributed by atoms with Crippen LogP contribution in [0.4, 0.5) is 10.2 Å². The molecule has 2 unspecified atom stereocenters. The number of imidazole rings is 1. The number of anilines is 1. The minimum atomic E-state index is -2.17. The number of rotatable bonds is 13. The fourth-order valence-corrected chi connectivity index (χ4v) is 4.29. The molecule has 0 bridgehead atoms. The van der Waals surface area contributed by atoms with Crippen LogP contribution in [0.5, 0.6) is 11.5 Å². The highest BCUT2D eigenvalue weighted by atomic mass is 31.1. The molecular formula is C25H27FN6O5P+. The number of halogens is 1. The number of hydrogen-bond acceptors (Lipinski definition) is 9. The number of amides is 1. The average molecular weight is 542 g/mol. The Hall–Kier alpha value is -4.15. The Kier molecular flexibility index (Phi) is 9.12. The molecule has 0 spiro atoms. The summed E-state index contributed by atoms with van der Waals surface area (Å²) in [5.41, 5.74) is 7.30. The number of carbonyl (C=O) groups is 1. The van der Waals surface area contributed by atoms with Crippen molar-refractivity contribution >= 4 is 30.9 Å². The first-order valence-corrected chi connectivity index (χ1v) is 13.2. The van der Waals surface area contributed by atoms with Gasteiger partial charge in [-0.15, -0.1) is 0 Å². The van der Waals surface area contributed by atoms with Gasteiger partial charge in [-0.05, 0) is 54.3 Å². The van der Waals surface area contributed by atoms with Crippen molar-refractivity contribution in [3.63, 3.8) is 0 Å². The Morgan fingerprint density at radius 1 is 1.13 bits per heavy atom. The minimum absolute atomic E-state index is 0.121. The van der Waals surface area contributed by atoms with Crippen molar-refractivity contribution < 1.29 is 27.7 Å². The van der Waals surface area contributed by atoms with Crippen LogP contribution in [0.15, 0.2) is 61.2 Å². The lowest BCUT2D eigenvalue weighted by molar-refractivity contribution is 0.0851. The van der Waals surface area contributed by atoms with Gasteiger partial charge in [-0.3, -0.25) is 4.79 Å². The van der Waals surface area contributed by atoms with Crippen LogP contribution in [-0.4, -0.2) is 51.0 Å². The summed E-state index contributed by atoms with van der Waals surface area (Å²) < 4.78 is 44.4. The highest BCUT2D eigenvalue weighted by Gasteiger charge is 2.24. The number of nitrogen functional groups attached to an aromatic ring is 1. The normalized spacial score (nSPS) is 12.2. The highest BCUT2D eigenvalue weighted by Crippen LogP contribution is 2.35. The van der Waals surface area contributed by atoms with Gasteiger partial charge in [0.1, 0.15) is 17.7 Å². The molecule has 11 nitrogen and oxygen atoms in total. The third kappa shape index (κ3) is 7.21. The van der Waals surface area contributed by atoms with Crippen molar-refractivity contribution in [2.75, 3.05) is 25.2 Å². The Morgan fingerprint density at radius 3 is 2.68 bits per heavy atom. The third-order valence-electron chi connectivity index (χ3n) is 5.37. The third-order valence-corrected chi connectivity index (χ3v) is 6.13. The summed E-state index contributed by atoms with van der Waals surface area (Å²) in [5, 5.41) is 2.75. The van der Waals surface area contributed by atoms with Gasteiger partial charge in [0.15, 0.2) is 17.2 Å². The van der Waals surface area contributed by atoms with Crippen molar-refractivity contribution in [3.05, 3.63) is 72.6 Å². The van der Waals surface area contributed by atoms with E-state index in [2.05, 4.69) is 20.3 Å². The predicted octanol–water partition coefficient (Wildman–Crippen LogP) is 3.93. The maximum absolute atomic E-state index is 13.0. The van der Waals surface area contributed by atoms with Crippen molar-refractivity contribution in [1.82, 2.24) is 24.8 Å². The fourth-order valence-electron chi connectivity index (χ4n) is 3.49. The molecule has 0 radical (unpaired) electrons. The summed E-state index contributed by atoms with van der Waals surface area (Å²) in [6.07, 6.45) is 3.07. The molecule has 2 aromatic carbocycles. The highest BCUT2D eigenvalue weighted by molar-refractivity contribution is 7.39. The molecule has 2 atom stereocenters. The molecule has 0 aliphatic heterocycles. The van der Waals surface area contributed by atoms with E-state index < -0.39 is 13.8 Å². The van der Waals surface area contributed by atoms with Gasteiger partial charge >= 0.3 is 8.03 Å². The molecule has 13 heteroatoms. The van der Waals surface area contributed by atoms with Crippen LogP contribution in [0, 0.1) is 5.82 Å². The van der Waals surface area contributed by atoms with Gasteiger partial charge in [-0.2, -0.15) is 0 Å². The monoisotopic (exact) mass is 541 g/mol. The number of nitrogens with zero attached hydrogens (tertiary/aromatic N) is 4. The Balaban J connectivity index is 1.20. The molecule has 38 heavy (non-hydrogen) atoms.